The van der Waals surface area contributed by atoms with E-state index in [4.69, 9.17) is 5.11 Å². The van der Waals surface area contributed by atoms with Crippen molar-refractivity contribution in [2.24, 2.45) is 0 Å². The van der Waals surface area contributed by atoms with Crippen LogP contribution in [0.1, 0.15) is 47.5 Å². The molecule has 0 aliphatic heterocycles. The maximum absolute atomic E-state index is 8.91. The molecule has 0 unspecified atom stereocenters. The number of hydrogen-bond donors (Lipinski definition) is 1. The molecule has 0 aliphatic rings. The Bertz CT molecular complexity index is 217. The number of aliphatic hydroxyl groups is 1. The molecule has 0 bridgehead atoms. The second kappa shape index (κ2) is 5.98. The van der Waals surface area contributed by atoms with Gasteiger partial charge in [-0.05, 0) is 53.0 Å². The normalized spacial score (nSPS) is 12.5. The van der Waals surface area contributed by atoms with E-state index < -0.39 is 0 Å². The zero-order chi connectivity index (χ0) is 10.4. The first kappa shape index (κ1) is 12.4. The van der Waals surface area contributed by atoms with E-state index in [1.165, 1.54) is 16.7 Å². The first-order chi connectivity index (χ1) is 5.99. The van der Waals surface area contributed by atoms with Crippen molar-refractivity contribution in [1.29, 1.82) is 0 Å². The van der Waals surface area contributed by atoms with E-state index >= 15 is 0 Å². The van der Waals surface area contributed by atoms with Crippen molar-refractivity contribution in [2.75, 3.05) is 6.61 Å². The molecule has 0 fully saturated rings. The van der Waals surface area contributed by atoms with Gasteiger partial charge < -0.3 is 5.11 Å². The van der Waals surface area contributed by atoms with Gasteiger partial charge in [-0.3, -0.25) is 0 Å². The first-order valence-electron chi connectivity index (χ1n) is 4.88. The van der Waals surface area contributed by atoms with Crippen LogP contribution in [-0.2, 0) is 0 Å². The molecule has 0 aromatic carbocycles. The molecule has 0 aromatic rings. The molecular weight excluding hydrogens is 160 g/mol. The molecule has 0 heterocycles. The Morgan fingerprint density at radius 1 is 0.769 bits per heavy atom. The van der Waals surface area contributed by atoms with Crippen molar-refractivity contribution in [3.8, 4) is 0 Å². The Kier molecular flexibility index (Phi) is 5.72. The summed E-state index contributed by atoms with van der Waals surface area (Å²) >= 11 is 0. The molecule has 1 N–H and O–H groups in total. The lowest BCUT2D eigenvalue weighted by atomic mass is 10.0. The predicted octanol–water partition coefficient (Wildman–Crippen LogP) is 3.45. The van der Waals surface area contributed by atoms with E-state index in [1.54, 1.807) is 0 Å². The molecule has 1 heteroatoms. The zero-order valence-electron chi connectivity index (χ0n) is 9.57. The Morgan fingerprint density at radius 2 is 1.23 bits per heavy atom. The van der Waals surface area contributed by atoms with Gasteiger partial charge in [-0.2, -0.15) is 0 Å². The average Bonchev–Trinajstić information content (AvgIpc) is 2.11. The molecule has 76 valence electrons. The maximum atomic E-state index is 8.91. The Balaban J connectivity index is 4.12. The molecule has 0 rings (SSSR count). The van der Waals surface area contributed by atoms with Crippen molar-refractivity contribution >= 4 is 0 Å². The summed E-state index contributed by atoms with van der Waals surface area (Å²) in [7, 11) is 0. The van der Waals surface area contributed by atoms with Crippen LogP contribution in [0.15, 0.2) is 22.3 Å². The van der Waals surface area contributed by atoms with Crippen LogP contribution in [0.2, 0.25) is 0 Å². The fourth-order valence-electron chi connectivity index (χ4n) is 0.973. The number of rotatable bonds is 4. The number of aliphatic hydroxyl groups excluding tert-OH is 1. The average molecular weight is 182 g/mol. The molecule has 0 aliphatic carbocycles. The molecule has 13 heavy (non-hydrogen) atoms. The lowest BCUT2D eigenvalue weighted by Crippen LogP contribution is -1.91. The maximum Gasteiger partial charge on any atom is 0.0641 e. The second-order valence-electron chi connectivity index (χ2n) is 4.00. The highest BCUT2D eigenvalue weighted by atomic mass is 16.3. The van der Waals surface area contributed by atoms with Gasteiger partial charge in [0, 0.05) is 0 Å². The van der Waals surface area contributed by atoms with E-state index in [2.05, 4.69) is 27.7 Å². The minimum Gasteiger partial charge on any atom is -0.392 e. The van der Waals surface area contributed by atoms with Gasteiger partial charge in [-0.1, -0.05) is 16.7 Å². The van der Waals surface area contributed by atoms with Gasteiger partial charge in [0.1, 0.15) is 0 Å². The van der Waals surface area contributed by atoms with Crippen LogP contribution in [-0.4, -0.2) is 11.7 Å². The van der Waals surface area contributed by atoms with E-state index in [0.717, 1.165) is 18.4 Å². The molecule has 0 amide bonds. The van der Waals surface area contributed by atoms with Crippen LogP contribution in [0.25, 0.3) is 0 Å². The monoisotopic (exact) mass is 182 g/mol. The largest absolute Gasteiger partial charge is 0.392 e. The van der Waals surface area contributed by atoms with Crippen LogP contribution in [0, 0.1) is 0 Å². The van der Waals surface area contributed by atoms with Crippen molar-refractivity contribution in [3.63, 3.8) is 0 Å². The minimum atomic E-state index is 0.194. The highest BCUT2D eigenvalue weighted by Crippen LogP contribution is 2.16. The van der Waals surface area contributed by atoms with Crippen LogP contribution in [0.4, 0.5) is 0 Å². The summed E-state index contributed by atoms with van der Waals surface area (Å²) in [5.74, 6) is 0. The third-order valence-corrected chi connectivity index (χ3v) is 2.69. The van der Waals surface area contributed by atoms with Crippen molar-refractivity contribution in [2.45, 2.75) is 47.5 Å². The molecule has 0 saturated heterocycles. The summed E-state index contributed by atoms with van der Waals surface area (Å²) in [6.45, 7) is 10.8. The molecule has 0 atom stereocenters. The van der Waals surface area contributed by atoms with E-state index in [-0.39, 0.29) is 6.61 Å². The molecule has 0 saturated carbocycles. The van der Waals surface area contributed by atoms with Gasteiger partial charge in [-0.25, -0.2) is 0 Å². The van der Waals surface area contributed by atoms with Gasteiger partial charge >= 0.3 is 0 Å². The fraction of sp³-hybridized carbons (Fsp3) is 0.667. The number of allylic oxidation sites excluding steroid dienone is 3. The fourth-order valence-corrected chi connectivity index (χ4v) is 0.973. The summed E-state index contributed by atoms with van der Waals surface area (Å²) in [5, 5.41) is 8.91. The topological polar surface area (TPSA) is 20.2 Å². The highest BCUT2D eigenvalue weighted by molar-refractivity contribution is 5.14. The Hall–Kier alpha value is -0.560. The second-order valence-corrected chi connectivity index (χ2v) is 4.00. The van der Waals surface area contributed by atoms with E-state index in [1.807, 2.05) is 6.92 Å². The summed E-state index contributed by atoms with van der Waals surface area (Å²) in [5.41, 5.74) is 5.31. The van der Waals surface area contributed by atoms with Gasteiger partial charge in [0.05, 0.1) is 6.61 Å². The summed E-state index contributed by atoms with van der Waals surface area (Å²) in [6.07, 6.45) is 2.19. The van der Waals surface area contributed by atoms with Gasteiger partial charge in [0.15, 0.2) is 0 Å². The third kappa shape index (κ3) is 4.89. The lowest BCUT2D eigenvalue weighted by molar-refractivity contribution is 0.329. The third-order valence-electron chi connectivity index (χ3n) is 2.69. The smallest absolute Gasteiger partial charge is 0.0641 e. The van der Waals surface area contributed by atoms with E-state index in [0.29, 0.717) is 0 Å². The van der Waals surface area contributed by atoms with Gasteiger partial charge in [-0.15, -0.1) is 0 Å². The molecular formula is C12H22O. The summed E-state index contributed by atoms with van der Waals surface area (Å²) < 4.78 is 0. The molecule has 0 radical (unpaired) electrons. The van der Waals surface area contributed by atoms with Crippen molar-refractivity contribution in [1.82, 2.24) is 0 Å². The number of hydrogen-bond acceptors (Lipinski definition) is 1. The van der Waals surface area contributed by atoms with Crippen LogP contribution >= 0.6 is 0 Å². The lowest BCUT2D eigenvalue weighted by Gasteiger charge is -2.07. The molecule has 0 aromatic heterocycles. The van der Waals surface area contributed by atoms with Gasteiger partial charge in [0.2, 0.25) is 0 Å². The molecule has 0 spiro atoms. The standard InChI is InChI=1S/C12H22O/c1-9(2)10(3)6-7-11(4)12(5)8-13/h13H,6-8H2,1-5H3. The van der Waals surface area contributed by atoms with Crippen molar-refractivity contribution in [3.05, 3.63) is 22.3 Å². The SMILES string of the molecule is CC(C)=C(C)CCC(C)=C(C)CO. The summed E-state index contributed by atoms with van der Waals surface area (Å²) in [4.78, 5) is 0. The predicted molar refractivity (Wildman–Crippen MR) is 58.7 cm³/mol. The van der Waals surface area contributed by atoms with Crippen molar-refractivity contribution < 1.29 is 5.11 Å². The first-order valence-corrected chi connectivity index (χ1v) is 4.88. The Labute approximate surface area is 82.2 Å². The minimum absolute atomic E-state index is 0.194. The quantitative estimate of drug-likeness (QED) is 0.660. The zero-order valence-corrected chi connectivity index (χ0v) is 9.57. The van der Waals surface area contributed by atoms with Crippen LogP contribution in [0.5, 0.6) is 0 Å². The summed E-state index contributed by atoms with van der Waals surface area (Å²) in [6, 6.07) is 0. The Morgan fingerprint density at radius 3 is 1.62 bits per heavy atom. The highest BCUT2D eigenvalue weighted by Gasteiger charge is 1.98. The molecule has 1 nitrogen and oxygen atoms in total. The van der Waals surface area contributed by atoms with E-state index in [9.17, 15) is 0 Å². The van der Waals surface area contributed by atoms with Crippen LogP contribution < -0.4 is 0 Å². The van der Waals surface area contributed by atoms with Gasteiger partial charge in [0.25, 0.3) is 0 Å². The van der Waals surface area contributed by atoms with Crippen LogP contribution in [0.3, 0.4) is 0 Å².